The number of fused-ring (bicyclic) bond motifs is 1. The predicted molar refractivity (Wildman–Crippen MR) is 61.3 cm³/mol. The highest BCUT2D eigenvalue weighted by atomic mass is 32.2. The van der Waals surface area contributed by atoms with E-state index in [-0.39, 0.29) is 5.69 Å². The van der Waals surface area contributed by atoms with Crippen LogP contribution in [0.5, 0.6) is 0 Å². The van der Waals surface area contributed by atoms with Gasteiger partial charge in [0, 0.05) is 0 Å². The molecule has 1 aromatic carbocycles. The van der Waals surface area contributed by atoms with Gasteiger partial charge in [-0.05, 0) is 26.0 Å². The number of hydrogen-bond donors (Lipinski definition) is 1. The van der Waals surface area contributed by atoms with Crippen LogP contribution in [-0.4, -0.2) is 19.1 Å². The van der Waals surface area contributed by atoms with E-state index in [9.17, 15) is 26.4 Å². The molecule has 1 N–H and O–H groups in total. The van der Waals surface area contributed by atoms with Crippen LogP contribution in [0.1, 0.15) is 19.4 Å². The van der Waals surface area contributed by atoms with Gasteiger partial charge in [0.15, 0.2) is 0 Å². The number of carbonyl (C=O) groups excluding carboxylic acids is 1. The molecule has 104 valence electrons. The van der Waals surface area contributed by atoms with Gasteiger partial charge in [-0.2, -0.15) is 13.2 Å². The maximum atomic E-state index is 12.8. The Morgan fingerprint density at radius 3 is 2.32 bits per heavy atom. The van der Waals surface area contributed by atoms with Crippen molar-refractivity contribution in [2.45, 2.75) is 30.5 Å². The molecular weight excluding hydrogens is 283 g/mol. The third-order valence-electron chi connectivity index (χ3n) is 2.79. The molecule has 0 spiro atoms. The van der Waals surface area contributed by atoms with Crippen molar-refractivity contribution in [1.29, 1.82) is 0 Å². The largest absolute Gasteiger partial charge is 0.417 e. The average Bonchev–Trinajstić information content (AvgIpc) is 2.24. The second-order valence-electron chi connectivity index (χ2n) is 4.72. The minimum Gasteiger partial charge on any atom is -0.371 e. The summed E-state index contributed by atoms with van der Waals surface area (Å²) in [6, 6.07) is 2.94. The summed E-state index contributed by atoms with van der Waals surface area (Å²) in [5, 5.41) is 1.25. The summed E-state index contributed by atoms with van der Waals surface area (Å²) in [6.45, 7) is 2.60. The molecule has 0 unspecified atom stereocenters. The van der Waals surface area contributed by atoms with Crippen molar-refractivity contribution in [2.75, 3.05) is 5.32 Å². The van der Waals surface area contributed by atoms with E-state index >= 15 is 0 Å². The van der Waals surface area contributed by atoms with Crippen molar-refractivity contribution in [3.05, 3.63) is 23.8 Å². The first-order chi connectivity index (χ1) is 8.48. The van der Waals surface area contributed by atoms with Crippen LogP contribution in [0.2, 0.25) is 0 Å². The lowest BCUT2D eigenvalue weighted by molar-refractivity contribution is -0.139. The Bertz CT molecular complexity index is 662. The van der Waals surface area contributed by atoms with Gasteiger partial charge < -0.3 is 5.32 Å². The molecule has 8 heteroatoms. The maximum Gasteiger partial charge on any atom is 0.417 e. The first-order valence-corrected chi connectivity index (χ1v) is 6.74. The highest BCUT2D eigenvalue weighted by Gasteiger charge is 2.49. The zero-order chi connectivity index (χ0) is 14.6. The summed E-state index contributed by atoms with van der Waals surface area (Å²) in [6.07, 6.45) is -4.85. The molecule has 0 fully saturated rings. The van der Waals surface area contributed by atoms with E-state index in [1.54, 1.807) is 0 Å². The zero-order valence-electron chi connectivity index (χ0n) is 10.00. The zero-order valence-corrected chi connectivity index (χ0v) is 10.8. The smallest absolute Gasteiger partial charge is 0.371 e. The molecular formula is C11H10F3NO3S. The third kappa shape index (κ3) is 1.99. The van der Waals surface area contributed by atoms with E-state index in [2.05, 4.69) is 5.32 Å². The summed E-state index contributed by atoms with van der Waals surface area (Å²) >= 11 is 0. The molecule has 0 saturated carbocycles. The summed E-state index contributed by atoms with van der Waals surface area (Å²) in [5.41, 5.74) is -3.00. The quantitative estimate of drug-likeness (QED) is 0.796. The highest BCUT2D eigenvalue weighted by molar-refractivity contribution is 8.06. The molecule has 4 nitrogen and oxygen atoms in total. The van der Waals surface area contributed by atoms with Gasteiger partial charge in [0.1, 0.15) is 10.4 Å². The fourth-order valence-corrected chi connectivity index (χ4v) is 3.75. The molecule has 1 aliphatic heterocycles. The molecule has 2 rings (SSSR count). The van der Waals surface area contributed by atoms with Crippen molar-refractivity contribution < 1.29 is 26.4 Å². The van der Waals surface area contributed by atoms with Crippen LogP contribution in [0.4, 0.5) is 18.9 Å². The van der Waals surface area contributed by atoms with Gasteiger partial charge >= 0.3 is 6.18 Å². The first kappa shape index (κ1) is 13.9. The fourth-order valence-electron chi connectivity index (χ4n) is 1.96. The number of benzene rings is 1. The number of alkyl halides is 3. The second-order valence-corrected chi connectivity index (χ2v) is 6.51. The lowest BCUT2D eigenvalue weighted by atomic mass is 10.1. The number of anilines is 1. The minimum absolute atomic E-state index is 0.209. The summed E-state index contributed by atoms with van der Waals surface area (Å²) in [4.78, 5) is 10.8. The number of halogens is 3. The third-order valence-corrected chi connectivity index (χ3v) is 4.77. The van der Waals surface area contributed by atoms with Crippen molar-refractivity contribution in [1.82, 2.24) is 0 Å². The van der Waals surface area contributed by atoms with Crippen LogP contribution in [0.3, 0.4) is 0 Å². The van der Waals surface area contributed by atoms with Gasteiger partial charge in [0.2, 0.25) is 9.84 Å². The van der Waals surface area contributed by atoms with Crippen LogP contribution >= 0.6 is 0 Å². The van der Waals surface area contributed by atoms with Crippen LogP contribution in [0.25, 0.3) is 0 Å². The van der Waals surface area contributed by atoms with Gasteiger partial charge in [-0.3, -0.25) is 4.79 Å². The maximum absolute atomic E-state index is 12.8. The fraction of sp³-hybridized carbons (Fsp3) is 0.364. The van der Waals surface area contributed by atoms with E-state index in [1.165, 1.54) is 19.9 Å². The number of rotatable bonds is 0. The van der Waals surface area contributed by atoms with Crippen molar-refractivity contribution >= 4 is 20.6 Å². The van der Waals surface area contributed by atoms with Crippen molar-refractivity contribution in [3.8, 4) is 0 Å². The predicted octanol–water partition coefficient (Wildman–Crippen LogP) is 2.21. The van der Waals surface area contributed by atoms with Crippen LogP contribution in [0.15, 0.2) is 23.1 Å². The Morgan fingerprint density at radius 2 is 1.79 bits per heavy atom. The molecule has 19 heavy (non-hydrogen) atoms. The number of sulfone groups is 1. The van der Waals surface area contributed by atoms with E-state index in [0.717, 1.165) is 6.07 Å². The topological polar surface area (TPSA) is 63.2 Å². The Labute approximate surface area is 107 Å². The monoisotopic (exact) mass is 293 g/mol. The standard InChI is InChI=1S/C11H10F3NO3S/c1-10(2)9(16)19(17,18)8-6(11(12,13)14)4-3-5-7(8)15-10/h3-5,15H,1-2H3. The minimum atomic E-state index is -4.85. The summed E-state index contributed by atoms with van der Waals surface area (Å²) < 4.78 is 62.5. The summed E-state index contributed by atoms with van der Waals surface area (Å²) in [5.74, 6) is 0. The Morgan fingerprint density at radius 1 is 1.21 bits per heavy atom. The van der Waals surface area contributed by atoms with Gasteiger partial charge in [-0.25, -0.2) is 8.42 Å². The Balaban J connectivity index is 2.85. The molecule has 0 saturated heterocycles. The lowest BCUT2D eigenvalue weighted by Crippen LogP contribution is -2.48. The van der Waals surface area contributed by atoms with Gasteiger partial charge in [0.25, 0.3) is 5.12 Å². The lowest BCUT2D eigenvalue weighted by Gasteiger charge is -2.32. The Hall–Kier alpha value is -1.57. The van der Waals surface area contributed by atoms with E-state index < -0.39 is 37.1 Å². The molecule has 1 aromatic rings. The second kappa shape index (κ2) is 3.72. The first-order valence-electron chi connectivity index (χ1n) is 5.26. The highest BCUT2D eigenvalue weighted by Crippen LogP contribution is 2.42. The summed E-state index contributed by atoms with van der Waals surface area (Å²) in [7, 11) is -4.66. The van der Waals surface area contributed by atoms with Crippen LogP contribution in [0, 0.1) is 0 Å². The van der Waals surface area contributed by atoms with Gasteiger partial charge in [-0.15, -0.1) is 0 Å². The van der Waals surface area contributed by atoms with E-state index in [1.807, 2.05) is 0 Å². The molecule has 0 aliphatic carbocycles. The van der Waals surface area contributed by atoms with E-state index in [4.69, 9.17) is 0 Å². The van der Waals surface area contributed by atoms with Gasteiger partial charge in [0.05, 0.1) is 11.3 Å². The van der Waals surface area contributed by atoms with Crippen molar-refractivity contribution in [2.24, 2.45) is 0 Å². The number of nitrogens with one attached hydrogen (secondary N) is 1. The van der Waals surface area contributed by atoms with Gasteiger partial charge in [-0.1, -0.05) is 6.07 Å². The average molecular weight is 293 g/mol. The number of hydrogen-bond acceptors (Lipinski definition) is 4. The molecule has 0 amide bonds. The SMILES string of the molecule is CC1(C)Nc2cccc(C(F)(F)F)c2S(=O)(=O)C1=O. The molecule has 0 atom stereocenters. The van der Waals surface area contributed by atoms with E-state index in [0.29, 0.717) is 6.07 Å². The molecule has 1 aliphatic rings. The van der Waals surface area contributed by atoms with Crippen LogP contribution < -0.4 is 5.32 Å². The Kier molecular flexibility index (Phi) is 2.71. The normalized spacial score (nSPS) is 20.6. The number of carbonyl (C=O) groups is 1. The molecule has 0 radical (unpaired) electrons. The molecule has 0 bridgehead atoms. The van der Waals surface area contributed by atoms with Crippen LogP contribution in [-0.2, 0) is 20.8 Å². The molecule has 0 aromatic heterocycles. The molecule has 1 heterocycles. The van der Waals surface area contributed by atoms with Crippen molar-refractivity contribution in [3.63, 3.8) is 0 Å².